The zero-order valence-electron chi connectivity index (χ0n) is 8.05. The minimum atomic E-state index is -4.24. The molecule has 1 saturated heterocycles. The van der Waals surface area contributed by atoms with Crippen LogP contribution in [0, 0.1) is 17.2 Å². The maximum atomic E-state index is 12.4. The van der Waals surface area contributed by atoms with E-state index < -0.39 is 18.0 Å². The average molecular weight is 220 g/mol. The van der Waals surface area contributed by atoms with Crippen LogP contribution in [-0.4, -0.2) is 30.1 Å². The van der Waals surface area contributed by atoms with E-state index in [9.17, 15) is 18.0 Å². The van der Waals surface area contributed by atoms with Gasteiger partial charge in [-0.05, 0) is 12.8 Å². The third-order valence-corrected chi connectivity index (χ3v) is 2.47. The molecule has 0 aromatic heterocycles. The predicted molar refractivity (Wildman–Crippen MR) is 45.6 cm³/mol. The Kier molecular flexibility index (Phi) is 3.56. The summed E-state index contributed by atoms with van der Waals surface area (Å²) in [6.45, 7) is 0.0249. The highest BCUT2D eigenvalue weighted by Crippen LogP contribution is 2.33. The molecule has 1 aliphatic heterocycles. The summed E-state index contributed by atoms with van der Waals surface area (Å²) in [6, 6.07) is 1.65. The van der Waals surface area contributed by atoms with Gasteiger partial charge in [-0.2, -0.15) is 18.4 Å². The van der Waals surface area contributed by atoms with Crippen molar-refractivity contribution >= 4 is 5.91 Å². The summed E-state index contributed by atoms with van der Waals surface area (Å²) >= 11 is 0. The number of piperidine rings is 1. The van der Waals surface area contributed by atoms with Crippen LogP contribution in [0.4, 0.5) is 13.2 Å². The van der Waals surface area contributed by atoms with Crippen LogP contribution in [0.2, 0.25) is 0 Å². The van der Waals surface area contributed by atoms with Crippen LogP contribution in [0.15, 0.2) is 0 Å². The van der Waals surface area contributed by atoms with Crippen LogP contribution in [0.3, 0.4) is 0 Å². The molecule has 84 valence electrons. The van der Waals surface area contributed by atoms with Gasteiger partial charge >= 0.3 is 6.18 Å². The third-order valence-electron chi connectivity index (χ3n) is 2.47. The summed E-state index contributed by atoms with van der Waals surface area (Å²) < 4.78 is 37.1. The molecule has 0 aromatic rings. The van der Waals surface area contributed by atoms with Crippen molar-refractivity contribution in [3.8, 4) is 6.07 Å². The number of hydrogen-bond donors (Lipinski definition) is 0. The molecule has 3 nitrogen and oxygen atoms in total. The molecule has 15 heavy (non-hydrogen) atoms. The van der Waals surface area contributed by atoms with E-state index in [0.29, 0.717) is 13.0 Å². The summed E-state index contributed by atoms with van der Waals surface area (Å²) in [5.41, 5.74) is 0. The van der Waals surface area contributed by atoms with Crippen molar-refractivity contribution < 1.29 is 18.0 Å². The number of halogens is 3. The zero-order valence-corrected chi connectivity index (χ0v) is 8.05. The molecule has 1 rings (SSSR count). The van der Waals surface area contributed by atoms with E-state index in [1.165, 1.54) is 0 Å². The summed E-state index contributed by atoms with van der Waals surface area (Å²) in [5.74, 6) is -1.94. The first kappa shape index (κ1) is 11.8. The smallest absolute Gasteiger partial charge is 0.341 e. The number of alkyl halides is 3. The molecule has 0 saturated carbocycles. The van der Waals surface area contributed by atoms with Crippen molar-refractivity contribution in [2.45, 2.75) is 25.4 Å². The number of carbonyl (C=O) groups excluding carboxylic acids is 1. The van der Waals surface area contributed by atoms with Crippen molar-refractivity contribution in [3.63, 3.8) is 0 Å². The first-order valence-corrected chi connectivity index (χ1v) is 4.66. The molecule has 1 atom stereocenters. The fourth-order valence-electron chi connectivity index (χ4n) is 1.65. The molecule has 0 unspecified atom stereocenters. The van der Waals surface area contributed by atoms with Crippen LogP contribution in [-0.2, 0) is 4.79 Å². The molecule has 1 amide bonds. The molecular weight excluding hydrogens is 209 g/mol. The topological polar surface area (TPSA) is 44.1 Å². The van der Waals surface area contributed by atoms with Gasteiger partial charge in [0, 0.05) is 13.1 Å². The Labute approximate surface area is 85.5 Å². The molecular formula is C9H11F3N2O. The van der Waals surface area contributed by atoms with Crippen LogP contribution in [0.5, 0.6) is 0 Å². The molecule has 1 fully saturated rings. The second kappa shape index (κ2) is 4.51. The van der Waals surface area contributed by atoms with Gasteiger partial charge in [0.15, 0.2) is 0 Å². The van der Waals surface area contributed by atoms with E-state index in [2.05, 4.69) is 0 Å². The predicted octanol–water partition coefficient (Wildman–Crippen LogP) is 1.70. The van der Waals surface area contributed by atoms with Gasteiger partial charge in [-0.15, -0.1) is 0 Å². The SMILES string of the molecule is N#CCC(=O)N1CCC[C@H](C(F)(F)F)C1. The van der Waals surface area contributed by atoms with E-state index >= 15 is 0 Å². The fraction of sp³-hybridized carbons (Fsp3) is 0.778. The maximum absolute atomic E-state index is 12.4. The van der Waals surface area contributed by atoms with Crippen LogP contribution in [0.25, 0.3) is 0 Å². The molecule has 0 aromatic carbocycles. The third kappa shape index (κ3) is 3.11. The van der Waals surface area contributed by atoms with E-state index in [1.54, 1.807) is 6.07 Å². The first-order valence-electron chi connectivity index (χ1n) is 4.66. The highest BCUT2D eigenvalue weighted by atomic mass is 19.4. The lowest BCUT2D eigenvalue weighted by Crippen LogP contribution is -2.44. The molecule has 0 bridgehead atoms. The number of likely N-dealkylation sites (tertiary alicyclic amines) is 1. The van der Waals surface area contributed by atoms with Crippen molar-refractivity contribution in [2.24, 2.45) is 5.92 Å². The van der Waals surface area contributed by atoms with Gasteiger partial charge in [0.25, 0.3) is 0 Å². The van der Waals surface area contributed by atoms with Crippen molar-refractivity contribution in [1.82, 2.24) is 4.90 Å². The lowest BCUT2D eigenvalue weighted by atomic mass is 9.97. The zero-order chi connectivity index (χ0) is 11.5. The Bertz CT molecular complexity index is 282. The van der Waals surface area contributed by atoms with Gasteiger partial charge in [-0.25, -0.2) is 0 Å². The number of carbonyl (C=O) groups is 1. The van der Waals surface area contributed by atoms with Gasteiger partial charge in [0.1, 0.15) is 6.42 Å². The quantitative estimate of drug-likeness (QED) is 0.675. The molecule has 0 N–H and O–H groups in total. The van der Waals surface area contributed by atoms with E-state index in [4.69, 9.17) is 5.26 Å². The van der Waals surface area contributed by atoms with Gasteiger partial charge in [-0.1, -0.05) is 0 Å². The largest absolute Gasteiger partial charge is 0.393 e. The molecule has 0 spiro atoms. The molecule has 1 aliphatic rings. The maximum Gasteiger partial charge on any atom is 0.393 e. The van der Waals surface area contributed by atoms with Gasteiger partial charge in [-0.3, -0.25) is 4.79 Å². The first-order chi connectivity index (χ1) is 6.95. The Hall–Kier alpha value is -1.25. The summed E-state index contributed by atoms with van der Waals surface area (Å²) in [5, 5.41) is 8.27. The standard InChI is InChI=1S/C9H11F3N2O/c10-9(11,12)7-2-1-5-14(6-7)8(15)3-4-13/h7H,1-3,5-6H2/t7-/m0/s1. The fourth-order valence-corrected chi connectivity index (χ4v) is 1.65. The molecule has 6 heteroatoms. The minimum Gasteiger partial charge on any atom is -0.341 e. The molecule has 0 aliphatic carbocycles. The highest BCUT2D eigenvalue weighted by molar-refractivity contribution is 5.78. The van der Waals surface area contributed by atoms with Crippen molar-refractivity contribution in [2.75, 3.05) is 13.1 Å². The summed E-state index contributed by atoms with van der Waals surface area (Å²) in [4.78, 5) is 12.3. The van der Waals surface area contributed by atoms with E-state index in [0.717, 1.165) is 4.90 Å². The monoisotopic (exact) mass is 220 g/mol. The number of hydrogen-bond acceptors (Lipinski definition) is 2. The van der Waals surface area contributed by atoms with Crippen molar-refractivity contribution in [1.29, 1.82) is 5.26 Å². The number of nitriles is 1. The number of nitrogens with zero attached hydrogens (tertiary/aromatic N) is 2. The second-order valence-corrected chi connectivity index (χ2v) is 3.56. The minimum absolute atomic E-state index is 0.0693. The van der Waals surface area contributed by atoms with Gasteiger partial charge in [0.05, 0.1) is 12.0 Å². The van der Waals surface area contributed by atoms with Gasteiger partial charge in [0.2, 0.25) is 5.91 Å². The molecule has 0 radical (unpaired) electrons. The second-order valence-electron chi connectivity index (χ2n) is 3.56. The van der Waals surface area contributed by atoms with E-state index in [1.807, 2.05) is 0 Å². The van der Waals surface area contributed by atoms with E-state index in [-0.39, 0.29) is 19.4 Å². The highest BCUT2D eigenvalue weighted by Gasteiger charge is 2.42. The number of rotatable bonds is 1. The Morgan fingerprint density at radius 2 is 2.20 bits per heavy atom. The summed E-state index contributed by atoms with van der Waals surface area (Å²) in [7, 11) is 0. The summed E-state index contributed by atoms with van der Waals surface area (Å²) in [6.07, 6.45) is -4.17. The lowest BCUT2D eigenvalue weighted by Gasteiger charge is -2.33. The Balaban J connectivity index is 2.57. The normalized spacial score (nSPS) is 22.3. The Morgan fingerprint density at radius 1 is 1.53 bits per heavy atom. The van der Waals surface area contributed by atoms with Crippen LogP contribution in [0.1, 0.15) is 19.3 Å². The Morgan fingerprint density at radius 3 is 2.73 bits per heavy atom. The van der Waals surface area contributed by atoms with Crippen LogP contribution >= 0.6 is 0 Å². The van der Waals surface area contributed by atoms with Gasteiger partial charge < -0.3 is 4.90 Å². The molecule has 1 heterocycles. The lowest BCUT2D eigenvalue weighted by molar-refractivity contribution is -0.187. The number of amides is 1. The van der Waals surface area contributed by atoms with Crippen LogP contribution < -0.4 is 0 Å². The average Bonchev–Trinajstić information content (AvgIpc) is 2.17. The van der Waals surface area contributed by atoms with Crippen molar-refractivity contribution in [3.05, 3.63) is 0 Å².